The lowest BCUT2D eigenvalue weighted by atomic mass is 10.1. The molecule has 0 unspecified atom stereocenters. The van der Waals surface area contributed by atoms with Gasteiger partial charge in [0.15, 0.2) is 0 Å². The van der Waals surface area contributed by atoms with Crippen molar-refractivity contribution in [1.82, 2.24) is 14.9 Å². The van der Waals surface area contributed by atoms with Gasteiger partial charge in [-0.1, -0.05) is 18.2 Å². The Kier molecular flexibility index (Phi) is 4.30. The van der Waals surface area contributed by atoms with Gasteiger partial charge in [0.05, 0.1) is 6.04 Å². The van der Waals surface area contributed by atoms with E-state index in [0.29, 0.717) is 12.3 Å². The molecule has 25 heavy (non-hydrogen) atoms. The first kappa shape index (κ1) is 15.9. The highest BCUT2D eigenvalue weighted by Gasteiger charge is 2.35. The number of amides is 1. The van der Waals surface area contributed by atoms with Crippen LogP contribution in [0, 0.1) is 12.8 Å². The molecule has 3 aromatic rings. The molecule has 4 rings (SSSR count). The van der Waals surface area contributed by atoms with E-state index in [4.69, 9.17) is 4.42 Å². The first-order valence-electron chi connectivity index (χ1n) is 8.96. The lowest BCUT2D eigenvalue weighted by Gasteiger charge is -2.16. The van der Waals surface area contributed by atoms with Crippen molar-refractivity contribution in [1.29, 1.82) is 0 Å². The zero-order valence-corrected chi connectivity index (χ0v) is 14.4. The number of rotatable bonds is 7. The van der Waals surface area contributed by atoms with Gasteiger partial charge >= 0.3 is 0 Å². The van der Waals surface area contributed by atoms with Gasteiger partial charge in [-0.2, -0.15) is 0 Å². The summed E-state index contributed by atoms with van der Waals surface area (Å²) < 4.78 is 8.06. The number of hydrogen-bond donors (Lipinski definition) is 1. The molecule has 1 amide bonds. The summed E-state index contributed by atoms with van der Waals surface area (Å²) in [7, 11) is 0. The maximum absolute atomic E-state index is 12.4. The number of carbonyl (C=O) groups is 1. The SMILES string of the molecule is Cc1nccn1CCCC(=O)N[C@@H](c1cc2ccccc2o1)C1CC1. The number of benzene rings is 1. The number of nitrogens with one attached hydrogen (secondary N) is 1. The summed E-state index contributed by atoms with van der Waals surface area (Å²) in [6, 6.07) is 10.0. The second-order valence-electron chi connectivity index (χ2n) is 6.84. The average molecular weight is 337 g/mol. The van der Waals surface area contributed by atoms with Crippen LogP contribution in [0.5, 0.6) is 0 Å². The van der Waals surface area contributed by atoms with E-state index in [0.717, 1.165) is 48.4 Å². The first-order valence-corrected chi connectivity index (χ1v) is 8.96. The molecule has 1 N–H and O–H groups in total. The highest BCUT2D eigenvalue weighted by molar-refractivity contribution is 5.79. The number of para-hydroxylation sites is 1. The Hall–Kier alpha value is -2.56. The zero-order valence-electron chi connectivity index (χ0n) is 14.4. The predicted octanol–water partition coefficient (Wildman–Crippen LogP) is 3.99. The quantitative estimate of drug-likeness (QED) is 0.709. The van der Waals surface area contributed by atoms with Gasteiger partial charge in [-0.15, -0.1) is 0 Å². The Morgan fingerprint density at radius 3 is 2.96 bits per heavy atom. The molecule has 0 spiro atoms. The van der Waals surface area contributed by atoms with Crippen LogP contribution >= 0.6 is 0 Å². The van der Waals surface area contributed by atoms with Crippen LogP contribution in [-0.4, -0.2) is 15.5 Å². The molecule has 1 fully saturated rings. The van der Waals surface area contributed by atoms with E-state index < -0.39 is 0 Å². The number of imidazole rings is 1. The predicted molar refractivity (Wildman–Crippen MR) is 96.0 cm³/mol. The third kappa shape index (κ3) is 3.60. The molecule has 2 heterocycles. The Labute approximate surface area is 147 Å². The van der Waals surface area contributed by atoms with Gasteiger partial charge in [-0.25, -0.2) is 4.98 Å². The van der Waals surface area contributed by atoms with Gasteiger partial charge in [0.2, 0.25) is 5.91 Å². The van der Waals surface area contributed by atoms with Crippen molar-refractivity contribution in [2.45, 2.75) is 45.2 Å². The first-order chi connectivity index (χ1) is 12.2. The van der Waals surface area contributed by atoms with Crippen molar-refractivity contribution in [2.75, 3.05) is 0 Å². The van der Waals surface area contributed by atoms with E-state index in [1.54, 1.807) is 6.20 Å². The van der Waals surface area contributed by atoms with E-state index in [1.165, 1.54) is 0 Å². The number of carbonyl (C=O) groups excluding carboxylic acids is 1. The van der Waals surface area contributed by atoms with E-state index in [-0.39, 0.29) is 11.9 Å². The summed E-state index contributed by atoms with van der Waals surface area (Å²) in [5, 5.41) is 4.28. The normalized spacial score (nSPS) is 15.4. The summed E-state index contributed by atoms with van der Waals surface area (Å²) in [5.74, 6) is 2.46. The Morgan fingerprint density at radius 1 is 1.40 bits per heavy atom. The second-order valence-corrected chi connectivity index (χ2v) is 6.84. The maximum atomic E-state index is 12.4. The molecule has 0 bridgehead atoms. The van der Waals surface area contributed by atoms with Gasteiger partial charge in [0, 0.05) is 30.7 Å². The Morgan fingerprint density at radius 2 is 2.24 bits per heavy atom. The topological polar surface area (TPSA) is 60.1 Å². The lowest BCUT2D eigenvalue weighted by Crippen LogP contribution is -2.29. The molecule has 1 aliphatic rings. The van der Waals surface area contributed by atoms with Crippen LogP contribution in [0.25, 0.3) is 11.0 Å². The van der Waals surface area contributed by atoms with Gasteiger partial charge in [-0.3, -0.25) is 4.79 Å². The maximum Gasteiger partial charge on any atom is 0.220 e. The van der Waals surface area contributed by atoms with Gasteiger partial charge < -0.3 is 14.3 Å². The highest BCUT2D eigenvalue weighted by atomic mass is 16.3. The minimum Gasteiger partial charge on any atom is -0.459 e. The van der Waals surface area contributed by atoms with Crippen LogP contribution in [0.1, 0.15) is 43.3 Å². The Balaban J connectivity index is 1.38. The molecule has 130 valence electrons. The highest BCUT2D eigenvalue weighted by Crippen LogP contribution is 2.42. The molecule has 5 heteroatoms. The van der Waals surface area contributed by atoms with Crippen molar-refractivity contribution in [3.63, 3.8) is 0 Å². The fraction of sp³-hybridized carbons (Fsp3) is 0.400. The summed E-state index contributed by atoms with van der Waals surface area (Å²) in [4.78, 5) is 16.6. The van der Waals surface area contributed by atoms with Crippen LogP contribution in [0.15, 0.2) is 47.1 Å². The largest absolute Gasteiger partial charge is 0.459 e. The number of aromatic nitrogens is 2. The smallest absolute Gasteiger partial charge is 0.220 e. The van der Waals surface area contributed by atoms with Crippen LogP contribution < -0.4 is 5.32 Å². The molecule has 1 aliphatic carbocycles. The minimum atomic E-state index is -0.00474. The number of fused-ring (bicyclic) bond motifs is 1. The average Bonchev–Trinajstić information content (AvgIpc) is 3.23. The molecule has 0 saturated heterocycles. The summed E-state index contributed by atoms with van der Waals surface area (Å²) in [5.41, 5.74) is 0.882. The number of hydrogen-bond acceptors (Lipinski definition) is 3. The third-order valence-corrected chi connectivity index (χ3v) is 4.89. The van der Waals surface area contributed by atoms with Crippen LogP contribution in [0.2, 0.25) is 0 Å². The van der Waals surface area contributed by atoms with Crippen molar-refractivity contribution in [3.8, 4) is 0 Å². The van der Waals surface area contributed by atoms with Crippen molar-refractivity contribution >= 4 is 16.9 Å². The molecular formula is C20H23N3O2. The minimum absolute atomic E-state index is 0.00474. The molecule has 1 aromatic carbocycles. The molecular weight excluding hydrogens is 314 g/mol. The molecule has 0 radical (unpaired) electrons. The lowest BCUT2D eigenvalue weighted by molar-refractivity contribution is -0.122. The fourth-order valence-corrected chi connectivity index (χ4v) is 3.30. The van der Waals surface area contributed by atoms with E-state index in [2.05, 4.69) is 20.9 Å². The number of nitrogens with zero attached hydrogens (tertiary/aromatic N) is 2. The van der Waals surface area contributed by atoms with Crippen molar-refractivity contribution in [3.05, 3.63) is 54.3 Å². The second kappa shape index (κ2) is 6.75. The summed E-state index contributed by atoms with van der Waals surface area (Å²) in [6.45, 7) is 2.79. The number of furan rings is 1. The van der Waals surface area contributed by atoms with Gasteiger partial charge in [0.25, 0.3) is 0 Å². The van der Waals surface area contributed by atoms with Gasteiger partial charge in [0.1, 0.15) is 17.2 Å². The standard InChI is InChI=1S/C20H23N3O2/c1-14-21-10-12-23(14)11-4-7-19(24)22-20(15-8-9-15)18-13-16-5-2-3-6-17(16)25-18/h2-3,5-6,10,12-13,15,20H,4,7-9,11H2,1H3,(H,22,24)/t20-/m1/s1. The van der Waals surface area contributed by atoms with E-state index >= 15 is 0 Å². The van der Waals surface area contributed by atoms with Crippen LogP contribution in [0.3, 0.4) is 0 Å². The molecule has 1 saturated carbocycles. The summed E-state index contributed by atoms with van der Waals surface area (Å²) in [6.07, 6.45) is 7.36. The molecule has 0 aliphatic heterocycles. The molecule has 1 atom stereocenters. The summed E-state index contributed by atoms with van der Waals surface area (Å²) >= 11 is 0. The van der Waals surface area contributed by atoms with Crippen LogP contribution in [-0.2, 0) is 11.3 Å². The molecule has 2 aromatic heterocycles. The van der Waals surface area contributed by atoms with Gasteiger partial charge in [-0.05, 0) is 44.2 Å². The molecule has 5 nitrogen and oxygen atoms in total. The van der Waals surface area contributed by atoms with Crippen molar-refractivity contribution in [2.24, 2.45) is 5.92 Å². The van der Waals surface area contributed by atoms with Crippen LogP contribution in [0.4, 0.5) is 0 Å². The number of aryl methyl sites for hydroxylation is 2. The Bertz CT molecular complexity index is 843. The zero-order chi connectivity index (χ0) is 17.2. The monoisotopic (exact) mass is 337 g/mol. The third-order valence-electron chi connectivity index (χ3n) is 4.89. The van der Waals surface area contributed by atoms with E-state index in [1.807, 2.05) is 37.4 Å². The fourth-order valence-electron chi connectivity index (χ4n) is 3.30. The van der Waals surface area contributed by atoms with E-state index in [9.17, 15) is 4.79 Å². The van der Waals surface area contributed by atoms with Crippen molar-refractivity contribution < 1.29 is 9.21 Å².